The second-order valence-corrected chi connectivity index (χ2v) is 16.5. The molecule has 2 aliphatic carbocycles. The SMILES string of the molecule is COc1ccc(C2(c3ccc(OC)cc3)C=Cc3c4c(c5c6c(c(OC)cc5c3O2)OCC6)-c2ccccc2C42CC(C)(C)CC(C)(C)C2)cc1. The second-order valence-electron chi connectivity index (χ2n) is 16.5. The zero-order valence-electron chi connectivity index (χ0n) is 30.7. The number of rotatable bonds is 5. The molecule has 260 valence electrons. The predicted octanol–water partition coefficient (Wildman–Crippen LogP) is 10.7. The van der Waals surface area contributed by atoms with Crippen molar-refractivity contribution in [1.29, 1.82) is 0 Å². The summed E-state index contributed by atoms with van der Waals surface area (Å²) in [5, 5.41) is 2.29. The van der Waals surface area contributed by atoms with Crippen molar-refractivity contribution in [3.05, 3.63) is 118 Å². The molecule has 5 aromatic carbocycles. The van der Waals surface area contributed by atoms with Gasteiger partial charge in [-0.05, 0) is 88.8 Å². The molecule has 5 heteroatoms. The summed E-state index contributed by atoms with van der Waals surface area (Å²) in [6, 6.07) is 27.9. The number of hydrogen-bond donors (Lipinski definition) is 0. The topological polar surface area (TPSA) is 46.2 Å². The molecule has 0 saturated heterocycles. The molecule has 2 aliphatic heterocycles. The summed E-state index contributed by atoms with van der Waals surface area (Å²) in [6.07, 6.45) is 8.77. The Morgan fingerprint density at radius 2 is 1.31 bits per heavy atom. The minimum Gasteiger partial charge on any atom is -0.497 e. The maximum Gasteiger partial charge on any atom is 0.178 e. The van der Waals surface area contributed by atoms with E-state index in [1.807, 2.05) is 24.3 Å². The van der Waals surface area contributed by atoms with Gasteiger partial charge in [0.1, 0.15) is 17.2 Å². The van der Waals surface area contributed by atoms with Gasteiger partial charge in [0.05, 0.1) is 27.9 Å². The number of fused-ring (bicyclic) bond motifs is 12. The molecular formula is C46H46O5. The summed E-state index contributed by atoms with van der Waals surface area (Å²) in [5.74, 6) is 4.09. The second kappa shape index (κ2) is 11.0. The Labute approximate surface area is 301 Å². The highest BCUT2D eigenvalue weighted by Gasteiger charge is 2.56. The van der Waals surface area contributed by atoms with E-state index in [4.69, 9.17) is 23.7 Å². The fourth-order valence-electron chi connectivity index (χ4n) is 10.8. The third kappa shape index (κ3) is 4.59. The van der Waals surface area contributed by atoms with Crippen molar-refractivity contribution >= 4 is 16.8 Å². The van der Waals surface area contributed by atoms with E-state index in [9.17, 15) is 0 Å². The van der Waals surface area contributed by atoms with Gasteiger partial charge >= 0.3 is 0 Å². The molecule has 9 rings (SSSR count). The van der Waals surface area contributed by atoms with Gasteiger partial charge in [-0.2, -0.15) is 0 Å². The Morgan fingerprint density at radius 1 is 0.686 bits per heavy atom. The fourth-order valence-corrected chi connectivity index (χ4v) is 10.8. The zero-order chi connectivity index (χ0) is 35.3. The van der Waals surface area contributed by atoms with E-state index >= 15 is 0 Å². The first-order valence-corrected chi connectivity index (χ1v) is 18.2. The molecule has 0 aromatic heterocycles. The minimum atomic E-state index is -0.917. The standard InChI is InChI=1S/C46H46O5/c1-43(2)25-44(3,4)27-45(26-43)36-11-9-8-10-32(36)39-38-33-21-23-50-42(33)37(49-7)24-35(38)41-34(40(39)45)20-22-46(51-41,28-12-16-30(47-5)17-13-28)29-14-18-31(48-6)19-15-29/h8-20,22,24H,21,23,25-27H2,1-7H3. The Bertz CT molecular complexity index is 2180. The molecule has 1 spiro atoms. The molecule has 0 bridgehead atoms. The lowest BCUT2D eigenvalue weighted by molar-refractivity contribution is 0.0642. The van der Waals surface area contributed by atoms with Crippen molar-refractivity contribution < 1.29 is 23.7 Å². The Morgan fingerprint density at radius 3 is 1.92 bits per heavy atom. The molecule has 51 heavy (non-hydrogen) atoms. The maximum atomic E-state index is 7.71. The Kier molecular flexibility index (Phi) is 6.94. The van der Waals surface area contributed by atoms with Gasteiger partial charge in [-0.25, -0.2) is 0 Å². The van der Waals surface area contributed by atoms with Crippen LogP contribution in [0.4, 0.5) is 0 Å². The molecule has 0 amide bonds. The lowest BCUT2D eigenvalue weighted by Crippen LogP contribution is -2.44. The first kappa shape index (κ1) is 32.0. The predicted molar refractivity (Wildman–Crippen MR) is 204 cm³/mol. The van der Waals surface area contributed by atoms with Crippen molar-refractivity contribution in [2.75, 3.05) is 27.9 Å². The molecule has 1 fully saturated rings. The van der Waals surface area contributed by atoms with Crippen LogP contribution in [0.1, 0.15) is 80.3 Å². The summed E-state index contributed by atoms with van der Waals surface area (Å²) in [7, 11) is 5.14. The van der Waals surface area contributed by atoms with Gasteiger partial charge < -0.3 is 23.7 Å². The minimum absolute atomic E-state index is 0.137. The normalized spacial score (nSPS) is 19.4. The first-order chi connectivity index (χ1) is 24.5. The third-order valence-electron chi connectivity index (χ3n) is 11.9. The van der Waals surface area contributed by atoms with Crippen molar-refractivity contribution in [1.82, 2.24) is 0 Å². The van der Waals surface area contributed by atoms with E-state index in [-0.39, 0.29) is 16.2 Å². The number of ether oxygens (including phenoxy) is 5. The Balaban J connectivity index is 1.41. The smallest absolute Gasteiger partial charge is 0.178 e. The van der Waals surface area contributed by atoms with Gasteiger partial charge in [0.2, 0.25) is 0 Å². The van der Waals surface area contributed by atoms with Crippen molar-refractivity contribution in [3.63, 3.8) is 0 Å². The van der Waals surface area contributed by atoms with Crippen LogP contribution in [0.2, 0.25) is 0 Å². The number of benzene rings is 5. The summed E-state index contributed by atoms with van der Waals surface area (Å²) in [6.45, 7) is 10.5. The van der Waals surface area contributed by atoms with Crippen LogP contribution in [-0.4, -0.2) is 27.9 Å². The largest absolute Gasteiger partial charge is 0.497 e. The van der Waals surface area contributed by atoms with Crippen LogP contribution < -0.4 is 23.7 Å². The third-order valence-corrected chi connectivity index (χ3v) is 11.9. The lowest BCUT2D eigenvalue weighted by Gasteiger charge is -2.52. The summed E-state index contributed by atoms with van der Waals surface area (Å²) in [5.41, 5.74) is 9.09. The highest BCUT2D eigenvalue weighted by molar-refractivity contribution is 6.11. The molecule has 0 N–H and O–H groups in total. The van der Waals surface area contributed by atoms with Crippen LogP contribution >= 0.6 is 0 Å². The van der Waals surface area contributed by atoms with Gasteiger partial charge in [-0.3, -0.25) is 0 Å². The number of methoxy groups -OCH3 is 3. The highest BCUT2D eigenvalue weighted by Crippen LogP contribution is 2.67. The van der Waals surface area contributed by atoms with Gasteiger partial charge in [0, 0.05) is 44.9 Å². The maximum absolute atomic E-state index is 7.71. The molecule has 0 atom stereocenters. The molecule has 4 aliphatic rings. The summed E-state index contributed by atoms with van der Waals surface area (Å²) >= 11 is 0. The Hall–Kier alpha value is -4.90. The quantitative estimate of drug-likeness (QED) is 0.185. The molecule has 5 nitrogen and oxygen atoms in total. The fraction of sp³-hybridized carbons (Fsp3) is 0.348. The van der Waals surface area contributed by atoms with Crippen LogP contribution in [0.25, 0.3) is 28.0 Å². The summed E-state index contributed by atoms with van der Waals surface area (Å²) < 4.78 is 31.3. The first-order valence-electron chi connectivity index (χ1n) is 18.2. The van der Waals surface area contributed by atoms with Gasteiger partial charge in [-0.1, -0.05) is 82.3 Å². The van der Waals surface area contributed by atoms with Crippen LogP contribution in [0, 0.1) is 10.8 Å². The molecule has 1 saturated carbocycles. The average molecular weight is 679 g/mol. The van der Waals surface area contributed by atoms with Crippen molar-refractivity contribution in [3.8, 4) is 39.9 Å². The van der Waals surface area contributed by atoms with Crippen LogP contribution in [0.3, 0.4) is 0 Å². The van der Waals surface area contributed by atoms with E-state index in [1.165, 1.54) is 45.2 Å². The average Bonchev–Trinajstić information content (AvgIpc) is 3.72. The summed E-state index contributed by atoms with van der Waals surface area (Å²) in [4.78, 5) is 0. The van der Waals surface area contributed by atoms with E-state index in [1.54, 1.807) is 21.3 Å². The molecule has 0 radical (unpaired) electrons. The van der Waals surface area contributed by atoms with E-state index in [0.29, 0.717) is 6.61 Å². The van der Waals surface area contributed by atoms with E-state index < -0.39 is 5.60 Å². The van der Waals surface area contributed by atoms with Crippen molar-refractivity contribution in [2.24, 2.45) is 10.8 Å². The number of hydrogen-bond acceptors (Lipinski definition) is 5. The molecule has 0 unspecified atom stereocenters. The van der Waals surface area contributed by atoms with Crippen LogP contribution in [-0.2, 0) is 17.4 Å². The van der Waals surface area contributed by atoms with Gasteiger partial charge in [0.25, 0.3) is 0 Å². The molecular weight excluding hydrogens is 633 g/mol. The molecule has 5 aromatic rings. The molecule has 2 heterocycles. The zero-order valence-corrected chi connectivity index (χ0v) is 30.7. The van der Waals surface area contributed by atoms with Crippen LogP contribution in [0.15, 0.2) is 84.9 Å². The van der Waals surface area contributed by atoms with Crippen LogP contribution in [0.5, 0.6) is 28.7 Å². The van der Waals surface area contributed by atoms with Gasteiger partial charge in [-0.15, -0.1) is 0 Å². The van der Waals surface area contributed by atoms with Crippen molar-refractivity contribution in [2.45, 2.75) is 64.4 Å². The van der Waals surface area contributed by atoms with E-state index in [0.717, 1.165) is 64.5 Å². The highest BCUT2D eigenvalue weighted by atomic mass is 16.5. The monoisotopic (exact) mass is 678 g/mol. The lowest BCUT2D eigenvalue weighted by atomic mass is 9.52. The van der Waals surface area contributed by atoms with Gasteiger partial charge in [0.15, 0.2) is 17.1 Å². The van der Waals surface area contributed by atoms with E-state index in [2.05, 4.69) is 94.4 Å².